The van der Waals surface area contributed by atoms with E-state index in [0.29, 0.717) is 34.9 Å². The number of anilines is 4. The minimum Gasteiger partial charge on any atom is -0.487 e. The van der Waals surface area contributed by atoms with Gasteiger partial charge in [0.25, 0.3) is 12.3 Å². The molecule has 13 heteroatoms. The molecule has 2 heterocycles. The Bertz CT molecular complexity index is 1490. The maximum atomic E-state index is 13.1. The van der Waals surface area contributed by atoms with Gasteiger partial charge in [-0.05, 0) is 60.9 Å². The molecule has 3 atom stereocenters. The van der Waals surface area contributed by atoms with Crippen LogP contribution in [0, 0.1) is 0 Å². The van der Waals surface area contributed by atoms with Crippen molar-refractivity contribution in [1.82, 2.24) is 5.32 Å². The molecule has 3 aromatic carbocycles. The van der Waals surface area contributed by atoms with Gasteiger partial charge < -0.3 is 40.7 Å². The molecule has 1 saturated carbocycles. The Labute approximate surface area is 254 Å². The average molecular weight is 665 g/mol. The van der Waals surface area contributed by atoms with Crippen LogP contribution in [0.15, 0.2) is 59.1 Å². The molecule has 1 aliphatic carbocycles. The maximum absolute atomic E-state index is 13.1. The number of carbonyl (C=O) groups excluding carboxylic acids is 1. The largest absolute Gasteiger partial charge is 0.487 e. The van der Waals surface area contributed by atoms with Crippen LogP contribution in [0.4, 0.5) is 31.5 Å². The summed E-state index contributed by atoms with van der Waals surface area (Å²) >= 11 is 9.91. The zero-order chi connectivity index (χ0) is 29.6. The molecule has 5 N–H and O–H groups in total. The summed E-state index contributed by atoms with van der Waals surface area (Å²) in [5.41, 5.74) is 3.22. The highest BCUT2D eigenvalue weighted by molar-refractivity contribution is 9.10. The number of halogens is 4. The van der Waals surface area contributed by atoms with Gasteiger partial charge in [-0.3, -0.25) is 4.79 Å². The van der Waals surface area contributed by atoms with Gasteiger partial charge in [-0.15, -0.1) is 0 Å². The van der Waals surface area contributed by atoms with Crippen LogP contribution in [0.3, 0.4) is 0 Å². The summed E-state index contributed by atoms with van der Waals surface area (Å²) < 4.78 is 38.6. The second-order valence-corrected chi connectivity index (χ2v) is 11.9. The highest BCUT2D eigenvalue weighted by atomic mass is 79.9. The molecule has 1 amide bonds. The predicted octanol–water partition coefficient (Wildman–Crippen LogP) is 5.65. The highest BCUT2D eigenvalue weighted by Gasteiger charge is 2.48. The number of benzene rings is 3. The minimum atomic E-state index is -2.63. The van der Waals surface area contributed by atoms with Crippen LogP contribution in [-0.4, -0.2) is 49.2 Å². The Morgan fingerprint density at radius 2 is 1.98 bits per heavy atom. The molecule has 0 spiro atoms. The Morgan fingerprint density at radius 3 is 2.69 bits per heavy atom. The lowest BCUT2D eigenvalue weighted by atomic mass is 10.1. The van der Waals surface area contributed by atoms with Crippen molar-refractivity contribution in [3.05, 3.63) is 75.2 Å². The summed E-state index contributed by atoms with van der Waals surface area (Å²) in [6.45, 7) is -0.495. The van der Waals surface area contributed by atoms with Crippen LogP contribution in [0.5, 0.6) is 5.75 Å². The van der Waals surface area contributed by atoms with E-state index in [2.05, 4.69) is 37.2 Å². The number of carbonyl (C=O) groups is 1. The van der Waals surface area contributed by atoms with Gasteiger partial charge in [-0.1, -0.05) is 33.6 Å². The standard InChI is InChI=1S/C29H29BrClF2N5O4/c1-38-22-12-23(41-14-24(32)33)18(25-26(42-25)35-17-5-3-16(30)4-6-17)11-21(22)37-28(38)36-20-10-15(2-7-19(20)31)13-34-27(39)29(40)8-9-29/h2-7,10-12,24-26,28,35-37,40H,8-9,13-14H2,1H3,(H,34,39)/t25?,26?,28-/m1/s1. The molecule has 0 radical (unpaired) electrons. The van der Waals surface area contributed by atoms with Crippen LogP contribution in [0.25, 0.3) is 0 Å². The Balaban J connectivity index is 1.17. The molecule has 3 aliphatic rings. The second-order valence-electron chi connectivity index (χ2n) is 10.6. The number of hydrogen-bond acceptors (Lipinski definition) is 8. The van der Waals surface area contributed by atoms with Crippen molar-refractivity contribution in [1.29, 1.82) is 0 Å². The van der Waals surface area contributed by atoms with E-state index in [1.54, 1.807) is 18.2 Å². The van der Waals surface area contributed by atoms with E-state index in [1.165, 1.54) is 0 Å². The van der Waals surface area contributed by atoms with E-state index in [-0.39, 0.29) is 24.8 Å². The number of amides is 1. The molecule has 2 fully saturated rings. The predicted molar refractivity (Wildman–Crippen MR) is 160 cm³/mol. The lowest BCUT2D eigenvalue weighted by Gasteiger charge is -2.25. The first-order valence-corrected chi connectivity index (χ1v) is 14.6. The number of aliphatic hydroxyl groups is 1. The van der Waals surface area contributed by atoms with Crippen molar-refractivity contribution in [2.45, 2.75) is 50.0 Å². The lowest BCUT2D eigenvalue weighted by Crippen LogP contribution is -2.39. The third-order valence-electron chi connectivity index (χ3n) is 7.43. The van der Waals surface area contributed by atoms with Gasteiger partial charge in [0.1, 0.15) is 24.1 Å². The Kier molecular flexibility index (Phi) is 7.81. The molecular formula is C29H29BrClF2N5O4. The quantitative estimate of drug-likeness (QED) is 0.167. The first-order chi connectivity index (χ1) is 20.1. The summed E-state index contributed by atoms with van der Waals surface area (Å²) in [5.74, 6) is -0.0595. The Morgan fingerprint density at radius 1 is 1.21 bits per heavy atom. The van der Waals surface area contributed by atoms with Crippen LogP contribution in [-0.2, 0) is 16.1 Å². The van der Waals surface area contributed by atoms with Crippen molar-refractivity contribution in [3.8, 4) is 5.75 Å². The number of rotatable bonds is 11. The fourth-order valence-corrected chi connectivity index (χ4v) is 5.25. The zero-order valence-corrected chi connectivity index (χ0v) is 24.8. The number of ether oxygens (including phenoxy) is 2. The molecule has 3 aromatic rings. The minimum absolute atomic E-state index is 0.242. The first kappa shape index (κ1) is 28.8. The van der Waals surface area contributed by atoms with Crippen molar-refractivity contribution in [2.75, 3.05) is 34.5 Å². The number of hydrogen-bond donors (Lipinski definition) is 5. The van der Waals surface area contributed by atoms with E-state index in [9.17, 15) is 18.7 Å². The van der Waals surface area contributed by atoms with Gasteiger partial charge in [0, 0.05) is 35.4 Å². The van der Waals surface area contributed by atoms with Gasteiger partial charge in [0.2, 0.25) is 0 Å². The fourth-order valence-electron chi connectivity index (χ4n) is 4.81. The SMILES string of the molecule is CN1c2cc(OCC(F)F)c(C3OC3Nc3ccc(Br)cc3)cc2N[C@H]1Nc1cc(CNC(=O)C2(O)CC2)ccc1Cl. The van der Waals surface area contributed by atoms with Gasteiger partial charge in [-0.25, -0.2) is 8.78 Å². The highest BCUT2D eigenvalue weighted by Crippen LogP contribution is 2.48. The normalized spacial score (nSPS) is 21.4. The molecular weight excluding hydrogens is 636 g/mol. The number of fused-ring (bicyclic) bond motifs is 1. The summed E-state index contributed by atoms with van der Waals surface area (Å²) in [6, 6.07) is 16.6. The molecule has 2 unspecified atom stereocenters. The van der Waals surface area contributed by atoms with E-state index in [4.69, 9.17) is 21.1 Å². The molecule has 2 aliphatic heterocycles. The van der Waals surface area contributed by atoms with Crippen molar-refractivity contribution in [2.24, 2.45) is 0 Å². The lowest BCUT2D eigenvalue weighted by molar-refractivity contribution is -0.131. The molecule has 0 aromatic heterocycles. The third-order valence-corrected chi connectivity index (χ3v) is 8.28. The van der Waals surface area contributed by atoms with Crippen molar-refractivity contribution in [3.63, 3.8) is 0 Å². The number of epoxide rings is 1. The summed E-state index contributed by atoms with van der Waals surface area (Å²) in [4.78, 5) is 14.0. The molecule has 42 heavy (non-hydrogen) atoms. The summed E-state index contributed by atoms with van der Waals surface area (Å²) in [5, 5.41) is 23.3. The van der Waals surface area contributed by atoms with Gasteiger partial charge in [0.05, 0.1) is 22.1 Å². The van der Waals surface area contributed by atoms with Gasteiger partial charge in [0.15, 0.2) is 12.5 Å². The number of nitrogens with zero attached hydrogens (tertiary/aromatic N) is 1. The van der Waals surface area contributed by atoms with Gasteiger partial charge >= 0.3 is 0 Å². The second kappa shape index (κ2) is 11.4. The summed E-state index contributed by atoms with van der Waals surface area (Å²) in [7, 11) is 1.85. The van der Waals surface area contributed by atoms with Crippen LogP contribution >= 0.6 is 27.5 Å². The number of alkyl halides is 2. The summed E-state index contributed by atoms with van der Waals surface area (Å²) in [6.07, 6.45) is -2.84. The van der Waals surface area contributed by atoms with Crippen molar-refractivity contribution >= 4 is 56.2 Å². The van der Waals surface area contributed by atoms with Crippen molar-refractivity contribution < 1.29 is 28.2 Å². The first-order valence-electron chi connectivity index (χ1n) is 13.4. The smallest absolute Gasteiger partial charge is 0.272 e. The van der Waals surface area contributed by atoms with Crippen LogP contribution in [0.2, 0.25) is 5.02 Å². The van der Waals surface area contributed by atoms with E-state index in [1.807, 2.05) is 48.3 Å². The van der Waals surface area contributed by atoms with Crippen LogP contribution in [0.1, 0.15) is 30.1 Å². The average Bonchev–Trinajstić information content (AvgIpc) is 3.88. The van der Waals surface area contributed by atoms with E-state index < -0.39 is 24.9 Å². The number of nitrogens with one attached hydrogen (secondary N) is 4. The fraction of sp³-hybridized carbons (Fsp3) is 0.345. The molecule has 0 bridgehead atoms. The third kappa shape index (κ3) is 6.22. The zero-order valence-electron chi connectivity index (χ0n) is 22.5. The van der Waals surface area contributed by atoms with Gasteiger partial charge in [-0.2, -0.15) is 0 Å². The molecule has 9 nitrogen and oxygen atoms in total. The molecule has 6 rings (SSSR count). The monoisotopic (exact) mass is 663 g/mol. The van der Waals surface area contributed by atoms with Crippen LogP contribution < -0.4 is 30.9 Å². The maximum Gasteiger partial charge on any atom is 0.272 e. The van der Waals surface area contributed by atoms with E-state index >= 15 is 0 Å². The topological polar surface area (TPSA) is 110 Å². The molecule has 222 valence electrons. The Hall–Kier alpha value is -3.32. The molecule has 1 saturated heterocycles. The van der Waals surface area contributed by atoms with E-state index in [0.717, 1.165) is 27.1 Å².